The number of aliphatic hydroxyl groups excluding tert-OH is 1. The summed E-state index contributed by atoms with van der Waals surface area (Å²) in [6, 6.07) is 6.62. The van der Waals surface area contributed by atoms with Crippen LogP contribution in [0.15, 0.2) is 39.2 Å². The molecule has 0 aromatic carbocycles. The fraction of sp³-hybridized carbons (Fsp3) is 0.333. The Morgan fingerprint density at radius 3 is 2.68 bits per heavy atom. The molecule has 2 aromatic rings. The molecule has 7 heteroatoms. The molecule has 0 unspecified atom stereocenters. The van der Waals surface area contributed by atoms with Crippen molar-refractivity contribution >= 4 is 21.4 Å². The molecular formula is C12H15NO4S2. The van der Waals surface area contributed by atoms with E-state index in [0.29, 0.717) is 17.2 Å². The normalized spacial score (nSPS) is 12.2. The molecule has 1 N–H and O–H groups in total. The van der Waals surface area contributed by atoms with Crippen LogP contribution in [0.25, 0.3) is 0 Å². The molecule has 104 valence electrons. The third-order valence-electron chi connectivity index (χ3n) is 2.65. The highest BCUT2D eigenvalue weighted by molar-refractivity contribution is 7.91. The molecule has 0 amide bonds. The molecule has 0 saturated heterocycles. The van der Waals surface area contributed by atoms with E-state index in [4.69, 9.17) is 9.52 Å². The van der Waals surface area contributed by atoms with Crippen LogP contribution in [0.4, 0.5) is 0 Å². The van der Waals surface area contributed by atoms with Crippen molar-refractivity contribution in [1.82, 2.24) is 4.31 Å². The molecular weight excluding hydrogens is 286 g/mol. The number of sulfonamides is 1. The number of rotatable bonds is 6. The zero-order valence-electron chi connectivity index (χ0n) is 10.4. The van der Waals surface area contributed by atoms with Crippen LogP contribution in [0, 0.1) is 0 Å². The lowest BCUT2D eigenvalue weighted by atomic mass is 10.4. The van der Waals surface area contributed by atoms with Gasteiger partial charge in [-0.1, -0.05) is 6.92 Å². The summed E-state index contributed by atoms with van der Waals surface area (Å²) in [5.41, 5.74) is 0. The monoisotopic (exact) mass is 301 g/mol. The van der Waals surface area contributed by atoms with E-state index in [1.165, 1.54) is 16.6 Å². The van der Waals surface area contributed by atoms with Gasteiger partial charge in [0, 0.05) is 11.4 Å². The van der Waals surface area contributed by atoms with Gasteiger partial charge in [-0.25, -0.2) is 8.42 Å². The van der Waals surface area contributed by atoms with Crippen LogP contribution in [-0.4, -0.2) is 24.4 Å². The minimum absolute atomic E-state index is 0.148. The van der Waals surface area contributed by atoms with Gasteiger partial charge >= 0.3 is 0 Å². The van der Waals surface area contributed by atoms with Crippen LogP contribution >= 0.6 is 11.3 Å². The zero-order valence-corrected chi connectivity index (χ0v) is 12.1. The maximum atomic E-state index is 12.4. The quantitative estimate of drug-likeness (QED) is 0.886. The third-order valence-corrected chi connectivity index (χ3v) is 6.11. The van der Waals surface area contributed by atoms with Crippen molar-refractivity contribution in [2.75, 3.05) is 6.54 Å². The molecule has 0 aliphatic heterocycles. The molecule has 0 atom stereocenters. The molecule has 0 aliphatic carbocycles. The summed E-state index contributed by atoms with van der Waals surface area (Å²) in [6.45, 7) is 2.19. The summed E-state index contributed by atoms with van der Waals surface area (Å²) in [7, 11) is -3.54. The van der Waals surface area contributed by atoms with Crippen molar-refractivity contribution in [3.63, 3.8) is 0 Å². The Kier molecular flexibility index (Phi) is 4.41. The van der Waals surface area contributed by atoms with Crippen molar-refractivity contribution in [1.29, 1.82) is 0 Å². The SMILES string of the molecule is CCN(Cc1ccco1)S(=O)(=O)c1ccc(CO)s1. The van der Waals surface area contributed by atoms with E-state index >= 15 is 0 Å². The van der Waals surface area contributed by atoms with Gasteiger partial charge in [-0.15, -0.1) is 11.3 Å². The molecule has 5 nitrogen and oxygen atoms in total. The Balaban J connectivity index is 2.25. The second-order valence-corrected chi connectivity index (χ2v) is 7.22. The van der Waals surface area contributed by atoms with Crippen molar-refractivity contribution in [2.24, 2.45) is 0 Å². The smallest absolute Gasteiger partial charge is 0.252 e. The fourth-order valence-electron chi connectivity index (χ4n) is 1.65. The second-order valence-electron chi connectivity index (χ2n) is 3.89. The first-order valence-electron chi connectivity index (χ1n) is 5.80. The van der Waals surface area contributed by atoms with Crippen molar-refractivity contribution in [3.05, 3.63) is 41.2 Å². The van der Waals surface area contributed by atoms with Crippen molar-refractivity contribution < 1.29 is 17.9 Å². The van der Waals surface area contributed by atoms with Gasteiger partial charge < -0.3 is 9.52 Å². The Labute approximate surface area is 116 Å². The summed E-state index contributed by atoms with van der Waals surface area (Å²) in [6.07, 6.45) is 1.52. The van der Waals surface area contributed by atoms with Crippen molar-refractivity contribution in [2.45, 2.75) is 24.3 Å². The lowest BCUT2D eigenvalue weighted by Crippen LogP contribution is -2.29. The van der Waals surface area contributed by atoms with Gasteiger partial charge in [-0.05, 0) is 24.3 Å². The van der Waals surface area contributed by atoms with E-state index in [1.807, 2.05) is 0 Å². The van der Waals surface area contributed by atoms with Gasteiger partial charge in [-0.3, -0.25) is 0 Å². The molecule has 2 aromatic heterocycles. The summed E-state index contributed by atoms with van der Waals surface area (Å²) < 4.78 is 31.6. The Bertz CT molecular complexity index is 616. The molecule has 0 radical (unpaired) electrons. The highest BCUT2D eigenvalue weighted by Crippen LogP contribution is 2.26. The number of hydrogen-bond acceptors (Lipinski definition) is 5. The average molecular weight is 301 g/mol. The summed E-state index contributed by atoms with van der Waals surface area (Å²) in [4.78, 5) is 0.632. The first-order chi connectivity index (χ1) is 9.07. The first kappa shape index (κ1) is 14.3. The van der Waals surface area contributed by atoms with Gasteiger partial charge in [-0.2, -0.15) is 4.31 Å². The fourth-order valence-corrected chi connectivity index (χ4v) is 4.44. The molecule has 2 rings (SSSR count). The minimum atomic E-state index is -3.54. The number of aliphatic hydroxyl groups is 1. The van der Waals surface area contributed by atoms with Gasteiger partial charge in [0.25, 0.3) is 10.0 Å². The van der Waals surface area contributed by atoms with E-state index in [1.54, 1.807) is 25.1 Å². The standard InChI is InChI=1S/C12H15NO4S2/c1-2-13(8-10-4-3-7-17-10)19(15,16)12-6-5-11(9-14)18-12/h3-7,14H,2,8-9H2,1H3. The molecule has 0 bridgehead atoms. The molecule has 19 heavy (non-hydrogen) atoms. The highest BCUT2D eigenvalue weighted by Gasteiger charge is 2.25. The van der Waals surface area contributed by atoms with Crippen molar-refractivity contribution in [3.8, 4) is 0 Å². The third kappa shape index (κ3) is 3.06. The maximum absolute atomic E-state index is 12.4. The predicted octanol–water partition coefficient (Wildman–Crippen LogP) is 2.04. The predicted molar refractivity (Wildman–Crippen MR) is 72.2 cm³/mol. The Morgan fingerprint density at radius 1 is 1.37 bits per heavy atom. The number of thiophene rings is 1. The lowest BCUT2D eigenvalue weighted by molar-refractivity contribution is 0.285. The van der Waals surface area contributed by atoms with Gasteiger partial charge in [0.15, 0.2) is 0 Å². The topological polar surface area (TPSA) is 70.8 Å². The summed E-state index contributed by atoms with van der Waals surface area (Å²) in [5.74, 6) is 0.601. The number of nitrogens with zero attached hydrogens (tertiary/aromatic N) is 1. The van der Waals surface area contributed by atoms with E-state index in [-0.39, 0.29) is 17.4 Å². The molecule has 0 spiro atoms. The van der Waals surface area contributed by atoms with Crippen LogP contribution in [0.3, 0.4) is 0 Å². The zero-order chi connectivity index (χ0) is 13.9. The summed E-state index contributed by atoms with van der Waals surface area (Å²) in [5, 5.41) is 9.01. The van der Waals surface area contributed by atoms with Crippen LogP contribution in [0.2, 0.25) is 0 Å². The Morgan fingerprint density at radius 2 is 2.16 bits per heavy atom. The van der Waals surface area contributed by atoms with E-state index in [9.17, 15) is 8.42 Å². The Hall–Kier alpha value is -1.15. The number of furan rings is 1. The minimum Gasteiger partial charge on any atom is -0.468 e. The van der Waals surface area contributed by atoms with Gasteiger partial charge in [0.1, 0.15) is 9.97 Å². The summed E-state index contributed by atoms with van der Waals surface area (Å²) >= 11 is 1.09. The highest BCUT2D eigenvalue weighted by atomic mass is 32.2. The second kappa shape index (κ2) is 5.87. The van der Waals surface area contributed by atoms with E-state index < -0.39 is 10.0 Å². The average Bonchev–Trinajstić information content (AvgIpc) is 3.06. The molecule has 2 heterocycles. The molecule has 0 aliphatic rings. The molecule has 0 fully saturated rings. The lowest BCUT2D eigenvalue weighted by Gasteiger charge is -2.18. The van der Waals surface area contributed by atoms with E-state index in [2.05, 4.69) is 0 Å². The van der Waals surface area contributed by atoms with Gasteiger partial charge in [0.05, 0.1) is 19.4 Å². The first-order valence-corrected chi connectivity index (χ1v) is 8.05. The largest absolute Gasteiger partial charge is 0.468 e. The van der Waals surface area contributed by atoms with Crippen LogP contribution in [0.5, 0.6) is 0 Å². The van der Waals surface area contributed by atoms with Crippen LogP contribution in [-0.2, 0) is 23.2 Å². The van der Waals surface area contributed by atoms with E-state index in [0.717, 1.165) is 11.3 Å². The van der Waals surface area contributed by atoms with Crippen LogP contribution < -0.4 is 0 Å². The maximum Gasteiger partial charge on any atom is 0.252 e. The number of hydrogen-bond donors (Lipinski definition) is 1. The molecule has 0 saturated carbocycles. The van der Waals surface area contributed by atoms with Gasteiger partial charge in [0.2, 0.25) is 0 Å². The van der Waals surface area contributed by atoms with Crippen LogP contribution in [0.1, 0.15) is 17.6 Å².